The van der Waals surface area contributed by atoms with Crippen molar-refractivity contribution < 1.29 is 24.2 Å². The molecule has 4 N–H and O–H groups in total. The summed E-state index contributed by atoms with van der Waals surface area (Å²) in [6.45, 7) is 9.77. The zero-order valence-electron chi connectivity index (χ0n) is 14.8. The van der Waals surface area contributed by atoms with Gasteiger partial charge in [-0.05, 0) is 41.5 Å². The summed E-state index contributed by atoms with van der Waals surface area (Å²) in [5.74, 6) is 0. The molecule has 0 heterocycles. The third-order valence-electron chi connectivity index (χ3n) is 3.52. The van der Waals surface area contributed by atoms with E-state index < -0.39 is 35.5 Å². The molecule has 0 aliphatic heterocycles. The van der Waals surface area contributed by atoms with E-state index >= 15 is 0 Å². The Hall–Kier alpha value is -1.57. The van der Waals surface area contributed by atoms with E-state index in [1.165, 1.54) is 0 Å². The van der Waals surface area contributed by atoms with E-state index in [4.69, 9.17) is 5.73 Å². The van der Waals surface area contributed by atoms with Gasteiger partial charge in [0, 0.05) is 24.0 Å². The van der Waals surface area contributed by atoms with Gasteiger partial charge in [0.25, 0.3) is 0 Å². The molecule has 0 aromatic rings. The van der Waals surface area contributed by atoms with Gasteiger partial charge >= 0.3 is 12.2 Å². The topological polar surface area (TPSA) is 107 Å². The molecular formula is C15H30FN3O4. The standard InChI is InChI=1S/C15H30FN3O4/c1-14(2,3)18(12(20)21)9-10(16)7-11(8-17)19(13(22)23)15(4,5)6/h10-11H,7-9,17H2,1-6H3,(H,20,21)(H,22,23)/t10-,11+/m1/s1. The lowest BCUT2D eigenvalue weighted by molar-refractivity contribution is 0.0459. The van der Waals surface area contributed by atoms with E-state index in [0.717, 1.165) is 9.80 Å². The van der Waals surface area contributed by atoms with Crippen molar-refractivity contribution in [2.24, 2.45) is 5.73 Å². The minimum atomic E-state index is -1.51. The van der Waals surface area contributed by atoms with Crippen molar-refractivity contribution in [2.45, 2.75) is 71.3 Å². The second kappa shape index (κ2) is 7.81. The summed E-state index contributed by atoms with van der Waals surface area (Å²) < 4.78 is 14.4. The van der Waals surface area contributed by atoms with E-state index in [0.29, 0.717) is 0 Å². The second-order valence-corrected chi connectivity index (χ2v) is 7.61. The van der Waals surface area contributed by atoms with Gasteiger partial charge in [-0.15, -0.1) is 0 Å². The Morgan fingerprint density at radius 2 is 1.52 bits per heavy atom. The van der Waals surface area contributed by atoms with Crippen LogP contribution in [0.2, 0.25) is 0 Å². The van der Waals surface area contributed by atoms with Gasteiger partial charge < -0.3 is 20.8 Å². The lowest BCUT2D eigenvalue weighted by atomic mass is 9.99. The highest BCUT2D eigenvalue weighted by molar-refractivity contribution is 5.67. The Labute approximate surface area is 137 Å². The van der Waals surface area contributed by atoms with Gasteiger partial charge in [-0.3, -0.25) is 4.90 Å². The Balaban J connectivity index is 5.12. The van der Waals surface area contributed by atoms with Crippen LogP contribution in [0.15, 0.2) is 0 Å². The quantitative estimate of drug-likeness (QED) is 0.691. The zero-order valence-corrected chi connectivity index (χ0v) is 14.8. The molecule has 0 saturated heterocycles. The van der Waals surface area contributed by atoms with Crippen molar-refractivity contribution >= 4 is 12.2 Å². The molecule has 0 spiro atoms. The second-order valence-electron chi connectivity index (χ2n) is 7.61. The Bertz CT molecular complexity index is 418. The molecule has 0 bridgehead atoms. The Morgan fingerprint density at radius 1 is 1.04 bits per heavy atom. The third kappa shape index (κ3) is 6.60. The molecule has 0 aromatic heterocycles. The van der Waals surface area contributed by atoms with Gasteiger partial charge in [0.1, 0.15) is 6.17 Å². The molecule has 0 rings (SSSR count). The van der Waals surface area contributed by atoms with Crippen molar-refractivity contribution in [3.05, 3.63) is 0 Å². The van der Waals surface area contributed by atoms with Crippen molar-refractivity contribution in [3.8, 4) is 0 Å². The molecule has 136 valence electrons. The van der Waals surface area contributed by atoms with Crippen molar-refractivity contribution in [1.29, 1.82) is 0 Å². The lowest BCUT2D eigenvalue weighted by Crippen LogP contribution is -2.55. The first kappa shape index (κ1) is 21.4. The van der Waals surface area contributed by atoms with Gasteiger partial charge in [-0.1, -0.05) is 0 Å². The molecule has 0 aliphatic rings. The maximum atomic E-state index is 14.4. The van der Waals surface area contributed by atoms with Crippen LogP contribution >= 0.6 is 0 Å². The fourth-order valence-electron chi connectivity index (χ4n) is 2.50. The fourth-order valence-corrected chi connectivity index (χ4v) is 2.50. The predicted octanol–water partition coefficient (Wildman–Crippen LogP) is 2.60. The molecule has 0 unspecified atom stereocenters. The molecule has 8 heteroatoms. The van der Waals surface area contributed by atoms with E-state index in [2.05, 4.69) is 0 Å². The molecule has 0 aliphatic carbocycles. The number of nitrogens with zero attached hydrogens (tertiary/aromatic N) is 2. The van der Waals surface area contributed by atoms with Gasteiger partial charge in [-0.25, -0.2) is 14.0 Å². The van der Waals surface area contributed by atoms with Crippen LogP contribution in [0.4, 0.5) is 14.0 Å². The van der Waals surface area contributed by atoms with Crippen LogP contribution in [0.3, 0.4) is 0 Å². The number of carbonyl (C=O) groups is 2. The highest BCUT2D eigenvalue weighted by atomic mass is 19.1. The molecule has 0 radical (unpaired) electrons. The molecule has 0 saturated carbocycles. The first-order valence-corrected chi connectivity index (χ1v) is 7.58. The molecule has 0 aromatic carbocycles. The van der Waals surface area contributed by atoms with Crippen LogP contribution in [0.1, 0.15) is 48.0 Å². The summed E-state index contributed by atoms with van der Waals surface area (Å²) in [5.41, 5.74) is 4.16. The molecule has 23 heavy (non-hydrogen) atoms. The molecular weight excluding hydrogens is 305 g/mol. The van der Waals surface area contributed by atoms with Crippen LogP contribution in [-0.2, 0) is 0 Å². The average Bonchev–Trinajstić information content (AvgIpc) is 2.30. The van der Waals surface area contributed by atoms with Crippen molar-refractivity contribution in [1.82, 2.24) is 9.80 Å². The summed E-state index contributed by atoms with van der Waals surface area (Å²) in [6.07, 6.45) is -4.05. The maximum Gasteiger partial charge on any atom is 0.408 e. The summed E-state index contributed by atoms with van der Waals surface area (Å²) >= 11 is 0. The number of hydrogen-bond acceptors (Lipinski definition) is 3. The van der Waals surface area contributed by atoms with Gasteiger partial charge in [0.2, 0.25) is 0 Å². The fraction of sp³-hybridized carbons (Fsp3) is 0.867. The summed E-state index contributed by atoms with van der Waals surface area (Å²) in [5, 5.41) is 18.6. The van der Waals surface area contributed by atoms with Crippen LogP contribution in [0, 0.1) is 0 Å². The maximum absolute atomic E-state index is 14.4. The van der Waals surface area contributed by atoms with Gasteiger partial charge in [0.15, 0.2) is 0 Å². The third-order valence-corrected chi connectivity index (χ3v) is 3.52. The number of nitrogens with two attached hydrogens (primary N) is 1. The lowest BCUT2D eigenvalue weighted by Gasteiger charge is -2.40. The van der Waals surface area contributed by atoms with E-state index in [1.807, 2.05) is 0 Å². The number of amides is 2. The average molecular weight is 335 g/mol. The number of rotatable bonds is 6. The SMILES string of the molecule is CC(C)(C)N(C[C@H](F)C[C@@H](CN)N(C(=O)O)C(C)(C)C)C(=O)O. The van der Waals surface area contributed by atoms with Crippen LogP contribution < -0.4 is 5.73 Å². The van der Waals surface area contributed by atoms with Crippen molar-refractivity contribution in [3.63, 3.8) is 0 Å². The number of alkyl halides is 1. The van der Waals surface area contributed by atoms with Gasteiger partial charge in [-0.2, -0.15) is 0 Å². The zero-order chi connectivity index (χ0) is 18.6. The largest absolute Gasteiger partial charge is 0.465 e. The van der Waals surface area contributed by atoms with E-state index in [9.17, 15) is 24.2 Å². The minimum absolute atomic E-state index is 0.0351. The summed E-state index contributed by atoms with van der Waals surface area (Å²) in [4.78, 5) is 24.9. The number of carboxylic acid groups (broad SMARTS) is 2. The number of hydrogen-bond donors (Lipinski definition) is 3. The Kier molecular flexibility index (Phi) is 7.27. The highest BCUT2D eigenvalue weighted by Crippen LogP contribution is 2.22. The molecule has 2 amide bonds. The summed E-state index contributed by atoms with van der Waals surface area (Å²) in [6, 6.07) is -0.724. The minimum Gasteiger partial charge on any atom is -0.465 e. The normalized spacial score (nSPS) is 15.0. The molecule has 0 fully saturated rings. The monoisotopic (exact) mass is 335 g/mol. The van der Waals surface area contributed by atoms with E-state index in [1.54, 1.807) is 41.5 Å². The Morgan fingerprint density at radius 3 is 1.78 bits per heavy atom. The number of halogens is 1. The van der Waals surface area contributed by atoms with Crippen molar-refractivity contribution in [2.75, 3.05) is 13.1 Å². The summed E-state index contributed by atoms with van der Waals surface area (Å²) in [7, 11) is 0. The van der Waals surface area contributed by atoms with Crippen LogP contribution in [-0.4, -0.2) is 68.6 Å². The smallest absolute Gasteiger partial charge is 0.408 e. The van der Waals surface area contributed by atoms with Gasteiger partial charge in [0.05, 0.1) is 12.6 Å². The van der Waals surface area contributed by atoms with E-state index in [-0.39, 0.29) is 19.5 Å². The predicted molar refractivity (Wildman–Crippen MR) is 86.5 cm³/mol. The highest BCUT2D eigenvalue weighted by Gasteiger charge is 2.35. The first-order valence-electron chi connectivity index (χ1n) is 7.58. The van der Waals surface area contributed by atoms with Crippen LogP contribution in [0.5, 0.6) is 0 Å². The first-order chi connectivity index (χ1) is 10.2. The molecule has 7 nitrogen and oxygen atoms in total. The molecule has 2 atom stereocenters. The van der Waals surface area contributed by atoms with Crippen LogP contribution in [0.25, 0.3) is 0 Å².